The van der Waals surface area contributed by atoms with Crippen molar-refractivity contribution in [3.05, 3.63) is 41.8 Å². The summed E-state index contributed by atoms with van der Waals surface area (Å²) in [4.78, 5) is 11.0. The van der Waals surface area contributed by atoms with Gasteiger partial charge in [0.1, 0.15) is 0 Å². The third-order valence-electron chi connectivity index (χ3n) is 4.68. The zero-order valence-corrected chi connectivity index (χ0v) is 13.9. The van der Waals surface area contributed by atoms with E-state index in [2.05, 4.69) is 32.2 Å². The Kier molecular flexibility index (Phi) is 4.85. The van der Waals surface area contributed by atoms with Crippen LogP contribution >= 0.6 is 0 Å². The minimum Gasteiger partial charge on any atom is -0.377 e. The van der Waals surface area contributed by atoms with Crippen LogP contribution in [-0.2, 0) is 24.2 Å². The molecular formula is C18H24N4O2. The van der Waals surface area contributed by atoms with E-state index in [1.54, 1.807) is 0 Å². The standard InChI is InChI=1S/C18H24N4O2/c1-2-16(23-9-1)12-22(11-15-5-7-19-8-6-15)13-18-20-17(21-24-18)10-14-3-4-14/h5-8,14,16H,1-4,9-13H2. The van der Waals surface area contributed by atoms with Crippen LogP contribution in [0.3, 0.4) is 0 Å². The van der Waals surface area contributed by atoms with Gasteiger partial charge in [0.25, 0.3) is 0 Å². The molecule has 0 spiro atoms. The van der Waals surface area contributed by atoms with Crippen molar-refractivity contribution in [3.63, 3.8) is 0 Å². The first-order chi connectivity index (χ1) is 11.8. The van der Waals surface area contributed by atoms with Gasteiger partial charge in [0.15, 0.2) is 5.82 Å². The number of nitrogens with zero attached hydrogens (tertiary/aromatic N) is 4. The number of rotatable bonds is 8. The summed E-state index contributed by atoms with van der Waals surface area (Å²) in [5, 5.41) is 4.13. The molecule has 0 radical (unpaired) electrons. The van der Waals surface area contributed by atoms with Crippen LogP contribution in [0.25, 0.3) is 0 Å². The van der Waals surface area contributed by atoms with Crippen molar-refractivity contribution in [1.82, 2.24) is 20.0 Å². The normalized spacial score (nSPS) is 20.8. The van der Waals surface area contributed by atoms with E-state index < -0.39 is 0 Å². The minimum atomic E-state index is 0.306. The van der Waals surface area contributed by atoms with Crippen LogP contribution in [0, 0.1) is 5.92 Å². The molecule has 1 unspecified atom stereocenters. The molecule has 6 nitrogen and oxygen atoms in total. The van der Waals surface area contributed by atoms with Crippen molar-refractivity contribution < 1.29 is 9.26 Å². The lowest BCUT2D eigenvalue weighted by Crippen LogP contribution is -2.31. The van der Waals surface area contributed by atoms with Crippen molar-refractivity contribution in [2.24, 2.45) is 5.92 Å². The molecule has 1 saturated carbocycles. The Labute approximate surface area is 142 Å². The van der Waals surface area contributed by atoms with Gasteiger partial charge in [-0.15, -0.1) is 0 Å². The third kappa shape index (κ3) is 4.39. The first-order valence-electron chi connectivity index (χ1n) is 8.89. The van der Waals surface area contributed by atoms with Crippen LogP contribution in [0.2, 0.25) is 0 Å². The summed E-state index contributed by atoms with van der Waals surface area (Å²) in [5.41, 5.74) is 1.24. The van der Waals surface area contributed by atoms with Gasteiger partial charge in [0.2, 0.25) is 5.89 Å². The van der Waals surface area contributed by atoms with Crippen molar-refractivity contribution in [1.29, 1.82) is 0 Å². The van der Waals surface area contributed by atoms with Crippen molar-refractivity contribution in [3.8, 4) is 0 Å². The molecule has 2 aromatic rings. The van der Waals surface area contributed by atoms with E-state index in [-0.39, 0.29) is 0 Å². The summed E-state index contributed by atoms with van der Waals surface area (Å²) < 4.78 is 11.3. The van der Waals surface area contributed by atoms with E-state index in [4.69, 9.17) is 9.26 Å². The summed E-state index contributed by atoms with van der Waals surface area (Å²) in [5.74, 6) is 2.33. The Balaban J connectivity index is 1.40. The molecule has 6 heteroatoms. The number of hydrogen-bond acceptors (Lipinski definition) is 6. The van der Waals surface area contributed by atoms with E-state index in [1.165, 1.54) is 18.4 Å². The van der Waals surface area contributed by atoms with Crippen LogP contribution in [0.5, 0.6) is 0 Å². The second-order valence-electron chi connectivity index (χ2n) is 6.91. The van der Waals surface area contributed by atoms with Crippen molar-refractivity contribution >= 4 is 0 Å². The molecule has 128 valence electrons. The number of ether oxygens (including phenoxy) is 1. The molecule has 0 aromatic carbocycles. The maximum atomic E-state index is 5.80. The van der Waals surface area contributed by atoms with E-state index in [9.17, 15) is 0 Å². The molecule has 2 aromatic heterocycles. The van der Waals surface area contributed by atoms with E-state index in [0.717, 1.165) is 50.7 Å². The molecule has 1 atom stereocenters. The van der Waals surface area contributed by atoms with Gasteiger partial charge in [0, 0.05) is 38.5 Å². The second kappa shape index (κ2) is 7.40. The van der Waals surface area contributed by atoms with Gasteiger partial charge in [-0.25, -0.2) is 0 Å². The van der Waals surface area contributed by atoms with Crippen LogP contribution in [-0.4, -0.2) is 39.3 Å². The minimum absolute atomic E-state index is 0.306. The Morgan fingerprint density at radius 1 is 1.12 bits per heavy atom. The predicted octanol–water partition coefficient (Wildman–Crippen LogP) is 2.60. The zero-order chi connectivity index (χ0) is 16.2. The molecule has 0 N–H and O–H groups in total. The molecule has 1 aliphatic carbocycles. The van der Waals surface area contributed by atoms with Gasteiger partial charge < -0.3 is 9.26 Å². The van der Waals surface area contributed by atoms with Gasteiger partial charge >= 0.3 is 0 Å². The number of hydrogen-bond donors (Lipinski definition) is 0. The van der Waals surface area contributed by atoms with Gasteiger partial charge in [-0.3, -0.25) is 9.88 Å². The van der Waals surface area contributed by atoms with E-state index in [1.807, 2.05) is 12.4 Å². The summed E-state index contributed by atoms with van der Waals surface area (Å²) in [7, 11) is 0. The fraction of sp³-hybridized carbons (Fsp3) is 0.611. The molecule has 24 heavy (non-hydrogen) atoms. The Morgan fingerprint density at radius 2 is 2.00 bits per heavy atom. The molecular weight excluding hydrogens is 304 g/mol. The summed E-state index contributed by atoms with van der Waals surface area (Å²) in [6.45, 7) is 3.27. The molecule has 3 heterocycles. The highest BCUT2D eigenvalue weighted by Gasteiger charge is 2.25. The second-order valence-corrected chi connectivity index (χ2v) is 6.91. The van der Waals surface area contributed by atoms with Crippen molar-refractivity contribution in [2.75, 3.05) is 13.2 Å². The van der Waals surface area contributed by atoms with Crippen LogP contribution in [0.4, 0.5) is 0 Å². The molecule has 0 amide bonds. The maximum Gasteiger partial charge on any atom is 0.240 e. The molecule has 4 rings (SSSR count). The van der Waals surface area contributed by atoms with Crippen LogP contribution in [0.1, 0.15) is 43.0 Å². The average Bonchev–Trinajstić information content (AvgIpc) is 3.06. The van der Waals surface area contributed by atoms with Gasteiger partial charge in [-0.2, -0.15) is 4.98 Å². The van der Waals surface area contributed by atoms with Crippen LogP contribution in [0.15, 0.2) is 29.0 Å². The predicted molar refractivity (Wildman–Crippen MR) is 88.1 cm³/mol. The molecule has 1 aliphatic heterocycles. The average molecular weight is 328 g/mol. The molecule has 1 saturated heterocycles. The quantitative estimate of drug-likeness (QED) is 0.742. The Hall–Kier alpha value is -1.79. The molecule has 0 bridgehead atoms. The van der Waals surface area contributed by atoms with E-state index >= 15 is 0 Å². The summed E-state index contributed by atoms with van der Waals surface area (Å²) in [6, 6.07) is 4.10. The highest BCUT2D eigenvalue weighted by Crippen LogP contribution is 2.31. The van der Waals surface area contributed by atoms with Gasteiger partial charge in [-0.05, 0) is 49.3 Å². The largest absolute Gasteiger partial charge is 0.377 e. The van der Waals surface area contributed by atoms with Gasteiger partial charge in [0.05, 0.1) is 12.6 Å². The first kappa shape index (κ1) is 15.7. The lowest BCUT2D eigenvalue weighted by Gasteiger charge is -2.23. The highest BCUT2D eigenvalue weighted by molar-refractivity contribution is 5.09. The summed E-state index contributed by atoms with van der Waals surface area (Å²) >= 11 is 0. The maximum absolute atomic E-state index is 5.80. The van der Waals surface area contributed by atoms with Crippen molar-refractivity contribution in [2.45, 2.75) is 51.3 Å². The number of aromatic nitrogens is 3. The summed E-state index contributed by atoms with van der Waals surface area (Å²) in [6.07, 6.45) is 9.82. The van der Waals surface area contributed by atoms with E-state index in [0.29, 0.717) is 18.5 Å². The first-order valence-corrected chi connectivity index (χ1v) is 8.89. The SMILES string of the molecule is c1cc(CN(Cc2nc(CC3CC3)no2)CC2CCCO2)ccn1. The Morgan fingerprint density at radius 3 is 2.75 bits per heavy atom. The fourth-order valence-electron chi connectivity index (χ4n) is 3.22. The fourth-order valence-corrected chi connectivity index (χ4v) is 3.22. The monoisotopic (exact) mass is 328 g/mol. The lowest BCUT2D eigenvalue weighted by molar-refractivity contribution is 0.0640. The molecule has 2 aliphatic rings. The highest BCUT2D eigenvalue weighted by atomic mass is 16.5. The smallest absolute Gasteiger partial charge is 0.240 e. The number of pyridine rings is 1. The topological polar surface area (TPSA) is 64.3 Å². The molecule has 2 fully saturated rings. The third-order valence-corrected chi connectivity index (χ3v) is 4.68. The van der Waals surface area contributed by atoms with Gasteiger partial charge in [-0.1, -0.05) is 5.16 Å². The van der Waals surface area contributed by atoms with Crippen LogP contribution < -0.4 is 0 Å². The zero-order valence-electron chi connectivity index (χ0n) is 13.9. The lowest BCUT2D eigenvalue weighted by atomic mass is 10.2. The Bertz CT molecular complexity index is 635.